The summed E-state index contributed by atoms with van der Waals surface area (Å²) < 4.78 is 34.6. The van der Waals surface area contributed by atoms with Crippen LogP contribution in [0.2, 0.25) is 0 Å². The monoisotopic (exact) mass is 407 g/mol. The van der Waals surface area contributed by atoms with Crippen molar-refractivity contribution >= 4 is 27.5 Å². The number of hydrogen-bond donors (Lipinski definition) is 0. The van der Waals surface area contributed by atoms with Crippen LogP contribution >= 0.6 is 0 Å². The minimum absolute atomic E-state index is 0.0159. The van der Waals surface area contributed by atoms with Gasteiger partial charge in [0.15, 0.2) is 23.5 Å². The molecule has 0 radical (unpaired) electrons. The van der Waals surface area contributed by atoms with Crippen LogP contribution in [0.4, 0.5) is 0 Å². The predicted molar refractivity (Wildman–Crippen MR) is 98.9 cm³/mol. The summed E-state index contributed by atoms with van der Waals surface area (Å²) in [5.41, 5.74) is -0.144. The van der Waals surface area contributed by atoms with E-state index in [-0.39, 0.29) is 29.9 Å². The summed E-state index contributed by atoms with van der Waals surface area (Å²) in [6, 6.07) is 0.193. The third-order valence-corrected chi connectivity index (χ3v) is 6.18. The van der Waals surface area contributed by atoms with Crippen LogP contribution in [0.3, 0.4) is 0 Å². The minimum atomic E-state index is -3.63. The Morgan fingerprint density at radius 2 is 2.07 bits per heavy atom. The van der Waals surface area contributed by atoms with E-state index in [1.165, 1.54) is 12.6 Å². The molecule has 2 aliphatic heterocycles. The first-order valence-electron chi connectivity index (χ1n) is 9.27. The molecule has 1 aromatic rings. The van der Waals surface area contributed by atoms with Crippen molar-refractivity contribution in [1.29, 1.82) is 0 Å². The zero-order valence-corrected chi connectivity index (χ0v) is 16.2. The number of carbonyl (C=O) groups is 1. The Morgan fingerprint density at radius 3 is 2.86 bits per heavy atom. The van der Waals surface area contributed by atoms with Crippen molar-refractivity contribution < 1.29 is 17.9 Å². The van der Waals surface area contributed by atoms with Crippen LogP contribution in [0.25, 0.3) is 0 Å². The van der Waals surface area contributed by atoms with E-state index in [2.05, 4.69) is 24.9 Å². The molecular formula is C16H21N7O4S. The topological polar surface area (TPSA) is 132 Å². The molecule has 3 heterocycles. The molecule has 0 aromatic carbocycles. The van der Waals surface area contributed by atoms with Crippen molar-refractivity contribution in [2.24, 2.45) is 9.39 Å². The van der Waals surface area contributed by atoms with Gasteiger partial charge in [-0.05, 0) is 30.2 Å². The Labute approximate surface area is 162 Å². The summed E-state index contributed by atoms with van der Waals surface area (Å²) in [6.07, 6.45) is 7.69. The van der Waals surface area contributed by atoms with Crippen LogP contribution < -0.4 is 0 Å². The fourth-order valence-electron chi connectivity index (χ4n) is 3.59. The van der Waals surface area contributed by atoms with E-state index in [9.17, 15) is 13.2 Å². The number of rotatable bonds is 4. The maximum atomic E-state index is 12.7. The summed E-state index contributed by atoms with van der Waals surface area (Å²) in [4.78, 5) is 18.3. The first kappa shape index (κ1) is 18.7. The summed E-state index contributed by atoms with van der Waals surface area (Å²) in [7, 11) is -3.63. The molecule has 0 spiro atoms. The molecular weight excluding hydrogens is 386 g/mol. The number of ether oxygens (including phenoxy) is 1. The molecule has 0 bridgehead atoms. The van der Waals surface area contributed by atoms with Gasteiger partial charge in [0, 0.05) is 18.9 Å². The lowest BCUT2D eigenvalue weighted by Crippen LogP contribution is -2.45. The summed E-state index contributed by atoms with van der Waals surface area (Å²) in [6.45, 7) is 1.89. The van der Waals surface area contributed by atoms with Crippen molar-refractivity contribution in [1.82, 2.24) is 25.1 Å². The average molecular weight is 407 g/mol. The smallest absolute Gasteiger partial charge is 0.361 e. The lowest BCUT2D eigenvalue weighted by molar-refractivity contribution is -0.140. The second-order valence-corrected chi connectivity index (χ2v) is 8.75. The van der Waals surface area contributed by atoms with Gasteiger partial charge in [-0.2, -0.15) is 0 Å². The van der Waals surface area contributed by atoms with Crippen molar-refractivity contribution in [3.8, 4) is 0 Å². The molecule has 1 saturated carbocycles. The number of amidine groups is 1. The van der Waals surface area contributed by atoms with Gasteiger partial charge < -0.3 is 9.64 Å². The quantitative estimate of drug-likeness (QED) is 0.668. The molecule has 1 unspecified atom stereocenters. The highest BCUT2D eigenvalue weighted by Gasteiger charge is 2.34. The molecule has 1 atom stereocenters. The van der Waals surface area contributed by atoms with Crippen molar-refractivity contribution in [3.63, 3.8) is 0 Å². The van der Waals surface area contributed by atoms with E-state index in [1.54, 1.807) is 22.7 Å². The fourth-order valence-corrected chi connectivity index (χ4v) is 4.56. The first-order valence-corrected chi connectivity index (χ1v) is 10.9. The van der Waals surface area contributed by atoms with E-state index < -0.39 is 22.1 Å². The van der Waals surface area contributed by atoms with Crippen molar-refractivity contribution in [2.45, 2.75) is 51.2 Å². The fraction of sp³-hybridized carbons (Fsp3) is 0.625. The number of hydrogen-bond acceptors (Lipinski definition) is 9. The zero-order valence-electron chi connectivity index (χ0n) is 15.4. The molecule has 12 heteroatoms. The van der Waals surface area contributed by atoms with E-state index in [1.807, 2.05) is 0 Å². The SMILES string of the molecule is CC(OC(=O)C1=NC=CN2CCS(=O)(=O)N=C12)c1nnnn1C1CCCCC1. The summed E-state index contributed by atoms with van der Waals surface area (Å²) in [5.74, 6) is -0.439. The van der Waals surface area contributed by atoms with E-state index in [0.29, 0.717) is 5.82 Å². The third kappa shape index (κ3) is 3.68. The van der Waals surface area contributed by atoms with Crippen LogP contribution in [0.5, 0.6) is 0 Å². The Hall–Kier alpha value is -2.63. The van der Waals surface area contributed by atoms with Crippen LogP contribution in [0.1, 0.15) is 57.0 Å². The highest BCUT2D eigenvalue weighted by Crippen LogP contribution is 2.29. The van der Waals surface area contributed by atoms with Gasteiger partial charge in [-0.25, -0.2) is 22.9 Å². The lowest BCUT2D eigenvalue weighted by Gasteiger charge is -2.28. The molecule has 1 aromatic heterocycles. The molecule has 28 heavy (non-hydrogen) atoms. The Bertz CT molecular complexity index is 959. The molecule has 1 aliphatic carbocycles. The summed E-state index contributed by atoms with van der Waals surface area (Å²) in [5, 5.41) is 11.8. The van der Waals surface area contributed by atoms with E-state index >= 15 is 0 Å². The molecule has 0 N–H and O–H groups in total. The molecule has 1 fully saturated rings. The third-order valence-electron chi connectivity index (χ3n) is 5.03. The number of carbonyl (C=O) groups excluding carboxylic acids is 1. The number of fused-ring (bicyclic) bond motifs is 1. The largest absolute Gasteiger partial charge is 0.450 e. The standard InChI is InChI=1S/C16H21N7O4S/c1-11(14-18-20-21-23(14)12-5-3-2-4-6-12)27-16(24)13-15-19-28(25,26)10-9-22(15)8-7-17-13/h7-8,11-12H,2-6,9-10H2,1H3. The number of aliphatic imine (C=N–C) groups is 1. The van der Waals surface area contributed by atoms with Gasteiger partial charge in [-0.3, -0.25) is 0 Å². The van der Waals surface area contributed by atoms with Crippen LogP contribution in [0.15, 0.2) is 21.8 Å². The van der Waals surface area contributed by atoms with Crippen molar-refractivity contribution in [3.05, 3.63) is 18.2 Å². The van der Waals surface area contributed by atoms with Crippen LogP contribution in [0, 0.1) is 0 Å². The number of tetrazole rings is 1. The minimum Gasteiger partial charge on any atom is -0.450 e. The number of esters is 1. The van der Waals surface area contributed by atoms with Crippen LogP contribution in [-0.4, -0.2) is 63.3 Å². The van der Waals surface area contributed by atoms with E-state index in [0.717, 1.165) is 25.7 Å². The van der Waals surface area contributed by atoms with Gasteiger partial charge in [0.1, 0.15) is 0 Å². The molecule has 150 valence electrons. The normalized spacial score (nSPS) is 22.8. The molecule has 0 amide bonds. The second-order valence-electron chi connectivity index (χ2n) is 6.99. The molecule has 4 rings (SSSR count). The number of aromatic nitrogens is 4. The average Bonchev–Trinajstić information content (AvgIpc) is 3.17. The maximum absolute atomic E-state index is 12.7. The number of sulfonamides is 1. The highest BCUT2D eigenvalue weighted by molar-refractivity contribution is 7.90. The lowest BCUT2D eigenvalue weighted by atomic mass is 9.95. The Kier molecular flexibility index (Phi) is 4.96. The van der Waals surface area contributed by atoms with Crippen molar-refractivity contribution in [2.75, 3.05) is 12.3 Å². The number of nitrogens with zero attached hydrogens (tertiary/aromatic N) is 7. The van der Waals surface area contributed by atoms with Gasteiger partial charge in [-0.15, -0.1) is 9.50 Å². The molecule has 3 aliphatic rings. The van der Waals surface area contributed by atoms with Crippen LogP contribution in [-0.2, 0) is 19.6 Å². The van der Waals surface area contributed by atoms with Gasteiger partial charge in [0.25, 0.3) is 10.0 Å². The first-order chi connectivity index (χ1) is 13.4. The van der Waals surface area contributed by atoms with Gasteiger partial charge >= 0.3 is 5.97 Å². The highest BCUT2D eigenvalue weighted by atomic mass is 32.2. The zero-order chi connectivity index (χ0) is 19.7. The van der Waals surface area contributed by atoms with Gasteiger partial charge in [0.05, 0.1) is 11.8 Å². The Morgan fingerprint density at radius 1 is 1.29 bits per heavy atom. The van der Waals surface area contributed by atoms with E-state index in [4.69, 9.17) is 4.74 Å². The Balaban J connectivity index is 1.53. The van der Waals surface area contributed by atoms with Gasteiger partial charge in [0.2, 0.25) is 0 Å². The maximum Gasteiger partial charge on any atom is 0.361 e. The molecule has 0 saturated heterocycles. The van der Waals surface area contributed by atoms with Gasteiger partial charge in [-0.1, -0.05) is 19.3 Å². The predicted octanol–water partition coefficient (Wildman–Crippen LogP) is 0.752. The summed E-state index contributed by atoms with van der Waals surface area (Å²) >= 11 is 0. The molecule has 11 nitrogen and oxygen atoms in total. The second kappa shape index (κ2) is 7.41.